The number of nitrogens with zero attached hydrogens (tertiary/aromatic N) is 3. The van der Waals surface area contributed by atoms with Crippen molar-refractivity contribution in [1.82, 2.24) is 14.5 Å². The topological polar surface area (TPSA) is 58.4 Å². The zero-order valence-electron chi connectivity index (χ0n) is 12.6. The van der Waals surface area contributed by atoms with Crippen LogP contribution in [-0.4, -0.2) is 45.2 Å². The minimum atomic E-state index is -0.705. The fraction of sp³-hybridized carbons (Fsp3) is 0.750. The lowest BCUT2D eigenvalue weighted by atomic mass is 9.85. The van der Waals surface area contributed by atoms with Gasteiger partial charge >= 0.3 is 5.97 Å². The van der Waals surface area contributed by atoms with Crippen LogP contribution in [0.2, 0.25) is 0 Å². The summed E-state index contributed by atoms with van der Waals surface area (Å²) >= 11 is 0. The van der Waals surface area contributed by atoms with E-state index in [0.29, 0.717) is 12.5 Å². The Morgan fingerprint density at radius 1 is 1.33 bits per heavy atom. The van der Waals surface area contributed by atoms with Crippen molar-refractivity contribution in [3.8, 4) is 0 Å². The number of likely N-dealkylation sites (tertiary alicyclic amines) is 1. The summed E-state index contributed by atoms with van der Waals surface area (Å²) in [7, 11) is 0. The Morgan fingerprint density at radius 3 is 2.90 bits per heavy atom. The van der Waals surface area contributed by atoms with E-state index in [-0.39, 0.29) is 6.42 Å². The fourth-order valence-corrected chi connectivity index (χ4v) is 3.51. The van der Waals surface area contributed by atoms with E-state index in [0.717, 1.165) is 32.0 Å². The van der Waals surface area contributed by atoms with E-state index >= 15 is 0 Å². The molecule has 1 atom stereocenters. The highest BCUT2D eigenvalue weighted by Crippen LogP contribution is 2.31. The van der Waals surface area contributed by atoms with Gasteiger partial charge in [0.1, 0.15) is 5.82 Å². The van der Waals surface area contributed by atoms with E-state index < -0.39 is 5.97 Å². The molecule has 1 aliphatic carbocycles. The van der Waals surface area contributed by atoms with Gasteiger partial charge in [0.05, 0.1) is 6.42 Å². The number of rotatable bonds is 6. The van der Waals surface area contributed by atoms with E-state index in [1.54, 1.807) is 0 Å². The normalized spacial score (nSPS) is 23.9. The van der Waals surface area contributed by atoms with Gasteiger partial charge in [-0.1, -0.05) is 6.42 Å². The highest BCUT2D eigenvalue weighted by atomic mass is 16.4. The van der Waals surface area contributed by atoms with E-state index in [9.17, 15) is 4.79 Å². The average Bonchev–Trinajstić information content (AvgIpc) is 2.89. The number of carboxylic acid groups (broad SMARTS) is 1. The third kappa shape index (κ3) is 3.64. The molecule has 1 aliphatic heterocycles. The lowest BCUT2D eigenvalue weighted by molar-refractivity contribution is -0.137. The summed E-state index contributed by atoms with van der Waals surface area (Å²) in [4.78, 5) is 17.6. The van der Waals surface area contributed by atoms with Gasteiger partial charge in [0, 0.05) is 37.9 Å². The second kappa shape index (κ2) is 6.60. The van der Waals surface area contributed by atoms with Crippen molar-refractivity contribution < 1.29 is 9.90 Å². The molecular weight excluding hydrogens is 266 g/mol. The van der Waals surface area contributed by atoms with Crippen LogP contribution in [0.15, 0.2) is 12.4 Å². The lowest BCUT2D eigenvalue weighted by Gasteiger charge is -2.33. The standard InChI is InChI=1S/C16H25N3O2/c20-15(21)6-9-18-8-2-5-14(12-18)16-17-7-10-19(16)11-13-3-1-4-13/h7,10,13-14H,1-6,8-9,11-12H2,(H,20,21)/t14-/m0/s1. The lowest BCUT2D eigenvalue weighted by Crippen LogP contribution is -2.37. The molecule has 0 aromatic carbocycles. The third-order valence-electron chi connectivity index (χ3n) is 4.94. The Bertz CT molecular complexity index is 482. The predicted molar refractivity (Wildman–Crippen MR) is 80.2 cm³/mol. The first-order chi connectivity index (χ1) is 10.2. The monoisotopic (exact) mass is 291 g/mol. The Balaban J connectivity index is 1.60. The molecular formula is C16H25N3O2. The molecule has 1 aromatic heterocycles. The second-order valence-corrected chi connectivity index (χ2v) is 6.52. The summed E-state index contributed by atoms with van der Waals surface area (Å²) in [6.07, 6.45) is 10.7. The Morgan fingerprint density at radius 2 is 2.19 bits per heavy atom. The van der Waals surface area contributed by atoms with Crippen LogP contribution in [-0.2, 0) is 11.3 Å². The minimum absolute atomic E-state index is 0.239. The Labute approximate surface area is 126 Å². The summed E-state index contributed by atoms with van der Waals surface area (Å²) in [6, 6.07) is 0. The molecule has 2 heterocycles. The maximum atomic E-state index is 10.7. The molecule has 0 bridgehead atoms. The van der Waals surface area contributed by atoms with Crippen LogP contribution >= 0.6 is 0 Å². The number of imidazole rings is 1. The molecule has 1 N–H and O–H groups in total. The van der Waals surface area contributed by atoms with Gasteiger partial charge in [-0.3, -0.25) is 4.79 Å². The summed E-state index contributed by atoms with van der Waals surface area (Å²) < 4.78 is 2.34. The molecule has 2 fully saturated rings. The van der Waals surface area contributed by atoms with Crippen molar-refractivity contribution >= 4 is 5.97 Å². The van der Waals surface area contributed by atoms with Gasteiger partial charge in [0.2, 0.25) is 0 Å². The van der Waals surface area contributed by atoms with Crippen molar-refractivity contribution in [2.75, 3.05) is 19.6 Å². The van der Waals surface area contributed by atoms with E-state index in [1.165, 1.54) is 31.5 Å². The summed E-state index contributed by atoms with van der Waals surface area (Å²) in [5, 5.41) is 8.83. The molecule has 3 rings (SSSR count). The number of piperidine rings is 1. The molecule has 1 saturated carbocycles. The molecule has 0 amide bonds. The SMILES string of the molecule is O=C(O)CCN1CCC[C@H](c2nccn2CC2CCC2)C1. The van der Waals surface area contributed by atoms with Crippen molar-refractivity contribution in [2.24, 2.45) is 5.92 Å². The van der Waals surface area contributed by atoms with Crippen LogP contribution in [0.1, 0.15) is 50.3 Å². The zero-order valence-corrected chi connectivity index (χ0v) is 12.6. The van der Waals surface area contributed by atoms with Gasteiger partial charge in [-0.15, -0.1) is 0 Å². The van der Waals surface area contributed by atoms with Gasteiger partial charge in [-0.2, -0.15) is 0 Å². The molecule has 0 spiro atoms. The van der Waals surface area contributed by atoms with E-state index in [2.05, 4.69) is 20.6 Å². The highest BCUT2D eigenvalue weighted by Gasteiger charge is 2.26. The first-order valence-corrected chi connectivity index (χ1v) is 8.17. The third-order valence-corrected chi connectivity index (χ3v) is 4.94. The number of aliphatic carboxylic acids is 1. The summed E-state index contributed by atoms with van der Waals surface area (Å²) in [6.45, 7) is 3.75. The molecule has 1 aromatic rings. The van der Waals surface area contributed by atoms with Crippen molar-refractivity contribution in [3.63, 3.8) is 0 Å². The molecule has 116 valence electrons. The van der Waals surface area contributed by atoms with Gasteiger partial charge in [0.25, 0.3) is 0 Å². The van der Waals surface area contributed by atoms with Crippen LogP contribution in [0.25, 0.3) is 0 Å². The molecule has 0 radical (unpaired) electrons. The van der Waals surface area contributed by atoms with Crippen LogP contribution in [0.4, 0.5) is 0 Å². The quantitative estimate of drug-likeness (QED) is 0.874. The zero-order chi connectivity index (χ0) is 14.7. The maximum Gasteiger partial charge on any atom is 0.304 e. The highest BCUT2D eigenvalue weighted by molar-refractivity contribution is 5.66. The molecule has 5 heteroatoms. The summed E-state index contributed by atoms with van der Waals surface area (Å²) in [5.74, 6) is 1.80. The molecule has 2 aliphatic rings. The Kier molecular flexibility index (Phi) is 4.58. The molecule has 5 nitrogen and oxygen atoms in total. The number of hydrogen-bond donors (Lipinski definition) is 1. The van der Waals surface area contributed by atoms with Crippen LogP contribution < -0.4 is 0 Å². The van der Waals surface area contributed by atoms with E-state index in [4.69, 9.17) is 5.11 Å². The number of carboxylic acids is 1. The molecule has 0 unspecified atom stereocenters. The number of hydrogen-bond acceptors (Lipinski definition) is 3. The second-order valence-electron chi connectivity index (χ2n) is 6.52. The van der Waals surface area contributed by atoms with Crippen LogP contribution in [0, 0.1) is 5.92 Å². The van der Waals surface area contributed by atoms with Crippen molar-refractivity contribution in [3.05, 3.63) is 18.2 Å². The maximum absolute atomic E-state index is 10.7. The largest absolute Gasteiger partial charge is 0.481 e. The van der Waals surface area contributed by atoms with Crippen LogP contribution in [0.5, 0.6) is 0 Å². The van der Waals surface area contributed by atoms with Crippen molar-refractivity contribution in [2.45, 2.75) is 51.0 Å². The first kappa shape index (κ1) is 14.6. The Hall–Kier alpha value is -1.36. The molecule has 21 heavy (non-hydrogen) atoms. The van der Waals surface area contributed by atoms with Crippen LogP contribution in [0.3, 0.4) is 0 Å². The fourth-order valence-electron chi connectivity index (χ4n) is 3.51. The minimum Gasteiger partial charge on any atom is -0.481 e. The predicted octanol–water partition coefficient (Wildman–Crippen LogP) is 2.34. The van der Waals surface area contributed by atoms with Gasteiger partial charge in [-0.05, 0) is 38.1 Å². The average molecular weight is 291 g/mol. The number of carbonyl (C=O) groups is 1. The first-order valence-electron chi connectivity index (χ1n) is 8.17. The summed E-state index contributed by atoms with van der Waals surface area (Å²) in [5.41, 5.74) is 0. The number of aromatic nitrogens is 2. The van der Waals surface area contributed by atoms with Gasteiger partial charge < -0.3 is 14.6 Å². The smallest absolute Gasteiger partial charge is 0.304 e. The van der Waals surface area contributed by atoms with Gasteiger partial charge in [-0.25, -0.2) is 4.98 Å². The van der Waals surface area contributed by atoms with E-state index in [1.807, 2.05) is 6.20 Å². The van der Waals surface area contributed by atoms with Crippen molar-refractivity contribution in [1.29, 1.82) is 0 Å². The molecule has 1 saturated heterocycles. The van der Waals surface area contributed by atoms with Gasteiger partial charge in [0.15, 0.2) is 0 Å².